The van der Waals surface area contributed by atoms with Crippen LogP contribution >= 0.6 is 27.5 Å². The van der Waals surface area contributed by atoms with Crippen LogP contribution in [-0.2, 0) is 6.54 Å². The number of fused-ring (bicyclic) bond motifs is 2. The van der Waals surface area contributed by atoms with Crippen molar-refractivity contribution >= 4 is 38.4 Å². The highest BCUT2D eigenvalue weighted by Crippen LogP contribution is 2.31. The number of aromatic nitrogens is 2. The molecule has 0 fully saturated rings. The molecule has 1 atom stereocenters. The Kier molecular flexibility index (Phi) is 2.30. The van der Waals surface area contributed by atoms with Crippen molar-refractivity contribution in [1.29, 1.82) is 0 Å². The smallest absolute Gasteiger partial charge is 0.261 e. The maximum absolute atomic E-state index is 12.2. The van der Waals surface area contributed by atoms with Gasteiger partial charge in [0.25, 0.3) is 5.56 Å². The van der Waals surface area contributed by atoms with Crippen LogP contribution in [0.15, 0.2) is 23.0 Å². The van der Waals surface area contributed by atoms with Crippen LogP contribution in [0.4, 0.5) is 0 Å². The fourth-order valence-electron chi connectivity index (χ4n) is 2.04. The Morgan fingerprint density at radius 3 is 3.12 bits per heavy atom. The molecule has 1 unspecified atom stereocenters. The highest BCUT2D eigenvalue weighted by molar-refractivity contribution is 9.09. The molecule has 0 radical (unpaired) electrons. The summed E-state index contributed by atoms with van der Waals surface area (Å²) in [7, 11) is 0. The zero-order valence-corrected chi connectivity index (χ0v) is 10.6. The molecular weight excluding hydrogens is 291 g/mol. The minimum Gasteiger partial charge on any atom is -0.295 e. The highest BCUT2D eigenvalue weighted by Gasteiger charge is 2.23. The van der Waals surface area contributed by atoms with E-state index in [1.165, 1.54) is 0 Å². The van der Waals surface area contributed by atoms with E-state index in [1.54, 1.807) is 22.8 Å². The van der Waals surface area contributed by atoms with Crippen LogP contribution in [0, 0.1) is 0 Å². The molecule has 0 aliphatic carbocycles. The molecule has 82 valence electrons. The average Bonchev–Trinajstić information content (AvgIpc) is 2.63. The molecule has 0 saturated carbocycles. The van der Waals surface area contributed by atoms with Gasteiger partial charge < -0.3 is 0 Å². The molecule has 2 aromatic rings. The summed E-state index contributed by atoms with van der Waals surface area (Å²) in [5.74, 6) is 0.819. The van der Waals surface area contributed by atoms with Crippen molar-refractivity contribution < 1.29 is 0 Å². The van der Waals surface area contributed by atoms with Crippen molar-refractivity contribution in [3.05, 3.63) is 39.4 Å². The molecule has 0 saturated heterocycles. The van der Waals surface area contributed by atoms with E-state index in [0.717, 1.165) is 18.8 Å². The molecule has 0 N–H and O–H groups in total. The van der Waals surface area contributed by atoms with E-state index in [2.05, 4.69) is 20.9 Å². The largest absolute Gasteiger partial charge is 0.295 e. The lowest BCUT2D eigenvalue weighted by Crippen LogP contribution is -2.20. The molecule has 3 rings (SSSR count). The third-order valence-corrected chi connectivity index (χ3v) is 3.93. The van der Waals surface area contributed by atoms with E-state index in [1.807, 2.05) is 0 Å². The van der Waals surface area contributed by atoms with Crippen LogP contribution in [0.25, 0.3) is 10.9 Å². The Morgan fingerprint density at radius 1 is 1.50 bits per heavy atom. The molecule has 1 aliphatic rings. The number of benzene rings is 1. The highest BCUT2D eigenvalue weighted by atomic mass is 79.9. The Morgan fingerprint density at radius 2 is 2.31 bits per heavy atom. The van der Waals surface area contributed by atoms with Gasteiger partial charge in [0.15, 0.2) is 0 Å². The van der Waals surface area contributed by atoms with E-state index in [4.69, 9.17) is 11.6 Å². The van der Waals surface area contributed by atoms with E-state index in [-0.39, 0.29) is 10.4 Å². The van der Waals surface area contributed by atoms with Gasteiger partial charge in [-0.1, -0.05) is 27.5 Å². The second-order valence-electron chi connectivity index (χ2n) is 3.84. The molecule has 1 aromatic heterocycles. The lowest BCUT2D eigenvalue weighted by molar-refractivity contribution is 0.719. The standard InChI is InChI=1S/C11H8BrClN2O/c12-8-3-4-15-10(8)14-9-2-1-6(13)5-7(9)11(15)16/h1-2,5,8H,3-4H2. The summed E-state index contributed by atoms with van der Waals surface area (Å²) in [6.45, 7) is 0.722. The topological polar surface area (TPSA) is 34.9 Å². The summed E-state index contributed by atoms with van der Waals surface area (Å²) in [6.07, 6.45) is 0.909. The molecule has 5 heteroatoms. The van der Waals surface area contributed by atoms with Crippen molar-refractivity contribution in [2.75, 3.05) is 0 Å². The number of rotatable bonds is 0. The van der Waals surface area contributed by atoms with Gasteiger partial charge in [0.2, 0.25) is 0 Å². The Hall–Kier alpha value is -0.870. The minimum absolute atomic E-state index is 0.00412. The third-order valence-electron chi connectivity index (χ3n) is 2.83. The van der Waals surface area contributed by atoms with Crippen molar-refractivity contribution in [3.8, 4) is 0 Å². The number of halogens is 2. The normalized spacial score (nSPS) is 19.0. The van der Waals surface area contributed by atoms with Crippen molar-refractivity contribution in [2.24, 2.45) is 0 Å². The Labute approximate surface area is 105 Å². The summed E-state index contributed by atoms with van der Waals surface area (Å²) in [5.41, 5.74) is 0.719. The second kappa shape index (κ2) is 3.57. The summed E-state index contributed by atoms with van der Waals surface area (Å²) in [6, 6.07) is 5.23. The first kappa shape index (κ1) is 10.3. The van der Waals surface area contributed by atoms with Crippen molar-refractivity contribution in [1.82, 2.24) is 9.55 Å². The van der Waals surface area contributed by atoms with E-state index >= 15 is 0 Å². The first-order chi connectivity index (χ1) is 7.66. The number of hydrogen-bond acceptors (Lipinski definition) is 2. The molecule has 3 nitrogen and oxygen atoms in total. The van der Waals surface area contributed by atoms with Gasteiger partial charge in [0.05, 0.1) is 15.7 Å². The van der Waals surface area contributed by atoms with E-state index in [9.17, 15) is 4.79 Å². The SMILES string of the molecule is O=c1c2cc(Cl)ccc2nc2n1CCC2Br. The van der Waals surface area contributed by atoms with Crippen LogP contribution in [0.2, 0.25) is 5.02 Å². The van der Waals surface area contributed by atoms with Gasteiger partial charge in [-0.3, -0.25) is 9.36 Å². The molecule has 0 bridgehead atoms. The molecule has 0 amide bonds. The van der Waals surface area contributed by atoms with Gasteiger partial charge in [-0.2, -0.15) is 0 Å². The average molecular weight is 300 g/mol. The predicted octanol–water partition coefficient (Wildman–Crippen LogP) is 2.89. The maximum atomic E-state index is 12.2. The zero-order valence-electron chi connectivity index (χ0n) is 8.28. The number of nitrogens with zero attached hydrogens (tertiary/aromatic N) is 2. The van der Waals surface area contributed by atoms with Gasteiger partial charge >= 0.3 is 0 Å². The van der Waals surface area contributed by atoms with Crippen LogP contribution in [0.5, 0.6) is 0 Å². The fourth-order valence-corrected chi connectivity index (χ4v) is 2.76. The minimum atomic E-state index is 0.00412. The maximum Gasteiger partial charge on any atom is 0.261 e. The summed E-state index contributed by atoms with van der Waals surface area (Å²) in [5, 5.41) is 1.16. The fraction of sp³-hybridized carbons (Fsp3) is 0.273. The summed E-state index contributed by atoms with van der Waals surface area (Å²) < 4.78 is 1.72. The molecule has 1 aliphatic heterocycles. The summed E-state index contributed by atoms with van der Waals surface area (Å²) >= 11 is 9.41. The molecule has 16 heavy (non-hydrogen) atoms. The predicted molar refractivity (Wildman–Crippen MR) is 67.3 cm³/mol. The third kappa shape index (κ3) is 1.40. The van der Waals surface area contributed by atoms with Crippen molar-refractivity contribution in [2.45, 2.75) is 17.8 Å². The summed E-state index contributed by atoms with van der Waals surface area (Å²) in [4.78, 5) is 16.8. The number of alkyl halides is 1. The molecule has 0 spiro atoms. The van der Waals surface area contributed by atoms with Crippen LogP contribution in [0.3, 0.4) is 0 Å². The number of hydrogen-bond donors (Lipinski definition) is 0. The molecule has 2 heterocycles. The Balaban J connectivity index is 2.44. The van der Waals surface area contributed by atoms with Crippen LogP contribution in [0.1, 0.15) is 17.1 Å². The first-order valence-corrected chi connectivity index (χ1v) is 6.30. The van der Waals surface area contributed by atoms with Crippen molar-refractivity contribution in [3.63, 3.8) is 0 Å². The van der Waals surface area contributed by atoms with Gasteiger partial charge in [-0.25, -0.2) is 4.98 Å². The zero-order chi connectivity index (χ0) is 11.3. The molecule has 1 aromatic carbocycles. The van der Waals surface area contributed by atoms with Gasteiger partial charge in [-0.15, -0.1) is 0 Å². The van der Waals surface area contributed by atoms with Gasteiger partial charge in [0, 0.05) is 11.6 Å². The van der Waals surface area contributed by atoms with Gasteiger partial charge in [-0.05, 0) is 24.6 Å². The molecular formula is C11H8BrClN2O. The monoisotopic (exact) mass is 298 g/mol. The van der Waals surface area contributed by atoms with E-state index in [0.29, 0.717) is 15.9 Å². The first-order valence-electron chi connectivity index (χ1n) is 5.01. The van der Waals surface area contributed by atoms with Crippen LogP contribution < -0.4 is 5.56 Å². The van der Waals surface area contributed by atoms with E-state index < -0.39 is 0 Å². The van der Waals surface area contributed by atoms with Gasteiger partial charge in [0.1, 0.15) is 5.82 Å². The lowest BCUT2D eigenvalue weighted by Gasteiger charge is -2.06. The second-order valence-corrected chi connectivity index (χ2v) is 5.39. The van der Waals surface area contributed by atoms with Crippen LogP contribution in [-0.4, -0.2) is 9.55 Å². The Bertz CT molecular complexity index is 638. The lowest BCUT2D eigenvalue weighted by atomic mass is 10.2. The quantitative estimate of drug-likeness (QED) is 0.701.